The Morgan fingerprint density at radius 2 is 0.763 bits per heavy atom. The molecule has 1 amide bonds. The molecule has 0 heterocycles. The van der Waals surface area contributed by atoms with Crippen LogP contribution in [0.2, 0.25) is 0 Å². The van der Waals surface area contributed by atoms with Gasteiger partial charge in [0.1, 0.15) is 19.3 Å². The second-order valence-electron chi connectivity index (χ2n) is 24.0. The van der Waals surface area contributed by atoms with Gasteiger partial charge in [-0.1, -0.05) is 289 Å². The predicted octanol–water partition coefficient (Wildman–Crippen LogP) is 19.9. The molecule has 0 spiro atoms. The third kappa shape index (κ3) is 57.2. The Labute approximate surface area is 473 Å². The zero-order valence-electron chi connectivity index (χ0n) is 51.5. The maximum atomic E-state index is 13.6. The molecule has 0 rings (SSSR count). The van der Waals surface area contributed by atoms with E-state index in [9.17, 15) is 19.0 Å². The molecule has 0 aromatic heterocycles. The quantitative estimate of drug-likeness (QED) is 0.0212. The number of carbonyl (C=O) groups excluding carboxylic acids is 2. The number of phosphoric acid groups is 1. The minimum absolute atomic E-state index is 0.0192. The lowest BCUT2D eigenvalue weighted by Crippen LogP contribution is -2.47. The van der Waals surface area contributed by atoms with Crippen LogP contribution in [-0.4, -0.2) is 69.4 Å². The molecule has 0 saturated heterocycles. The third-order valence-corrected chi connectivity index (χ3v) is 16.1. The number of unbranched alkanes of at least 4 members (excludes halogenated alkanes) is 43. The lowest BCUT2D eigenvalue weighted by Gasteiger charge is -2.30. The number of allylic oxidation sites excluding steroid dienone is 3. The highest BCUT2D eigenvalue weighted by molar-refractivity contribution is 7.45. The number of quaternary nitrogens is 1. The van der Waals surface area contributed by atoms with Gasteiger partial charge in [0.25, 0.3) is 7.82 Å². The maximum absolute atomic E-state index is 13.6. The van der Waals surface area contributed by atoms with Crippen LogP contribution in [0.25, 0.3) is 0 Å². The van der Waals surface area contributed by atoms with Gasteiger partial charge in [0, 0.05) is 12.8 Å². The highest BCUT2D eigenvalue weighted by Gasteiger charge is 2.27. The number of carbonyl (C=O) groups is 2. The van der Waals surface area contributed by atoms with Crippen molar-refractivity contribution in [2.45, 2.75) is 348 Å². The monoisotopic (exact) mass is 1090 g/mol. The van der Waals surface area contributed by atoms with Crippen molar-refractivity contribution < 1.29 is 37.3 Å². The van der Waals surface area contributed by atoms with Crippen molar-refractivity contribution in [1.29, 1.82) is 0 Å². The number of likely N-dealkylation sites (N-methyl/N-ethyl adjacent to an activating group) is 1. The fourth-order valence-electron chi connectivity index (χ4n) is 9.99. The molecule has 3 unspecified atom stereocenters. The Morgan fingerprint density at radius 3 is 1.12 bits per heavy atom. The number of nitrogens with one attached hydrogen (secondary N) is 1. The minimum atomic E-state index is -4.70. The van der Waals surface area contributed by atoms with Gasteiger partial charge in [0.2, 0.25) is 5.91 Å². The second kappa shape index (κ2) is 56.8. The number of amides is 1. The summed E-state index contributed by atoms with van der Waals surface area (Å²) >= 11 is 0. The first-order chi connectivity index (χ1) is 36.9. The van der Waals surface area contributed by atoms with E-state index in [-0.39, 0.29) is 31.5 Å². The van der Waals surface area contributed by atoms with Crippen LogP contribution < -0.4 is 10.2 Å². The number of rotatable bonds is 61. The van der Waals surface area contributed by atoms with E-state index in [1.165, 1.54) is 238 Å². The molecule has 0 aromatic rings. The van der Waals surface area contributed by atoms with Gasteiger partial charge in [-0.2, -0.15) is 0 Å². The molecule has 0 bridgehead atoms. The fraction of sp³-hybridized carbons (Fsp3) is 0.909. The lowest BCUT2D eigenvalue weighted by molar-refractivity contribution is -0.870. The normalized spacial score (nSPS) is 13.7. The van der Waals surface area contributed by atoms with Crippen LogP contribution in [0.4, 0.5) is 0 Å². The van der Waals surface area contributed by atoms with Crippen molar-refractivity contribution in [3.8, 4) is 0 Å². The van der Waals surface area contributed by atoms with Crippen molar-refractivity contribution in [3.05, 3.63) is 24.3 Å². The Morgan fingerprint density at radius 1 is 0.447 bits per heavy atom. The SMILES string of the molecule is CCCCCCCC/C=C/CCCCCCCCCC(=O)OC(/C=C/CCCCCCCCCCCC)C(COP(=O)([O-])OCC[N+](C)(C)C)NC(=O)CCCCCCCCCCCCCCCCCCCCCCC. The van der Waals surface area contributed by atoms with E-state index in [1.807, 2.05) is 33.3 Å². The molecule has 0 saturated carbocycles. The molecular formula is C66H129N2O7P. The highest BCUT2D eigenvalue weighted by atomic mass is 31.2. The van der Waals surface area contributed by atoms with Crippen molar-refractivity contribution in [1.82, 2.24) is 5.32 Å². The Bertz CT molecular complexity index is 1350. The summed E-state index contributed by atoms with van der Waals surface area (Å²) < 4.78 is 30.4. The van der Waals surface area contributed by atoms with E-state index in [4.69, 9.17) is 13.8 Å². The summed E-state index contributed by atoms with van der Waals surface area (Å²) in [5.41, 5.74) is 0. The summed E-state index contributed by atoms with van der Waals surface area (Å²) in [6.07, 6.45) is 67.2. The summed E-state index contributed by atoms with van der Waals surface area (Å²) in [6, 6.07) is -0.884. The van der Waals surface area contributed by atoms with Gasteiger partial charge in [-0.3, -0.25) is 14.2 Å². The van der Waals surface area contributed by atoms with Crippen molar-refractivity contribution in [3.63, 3.8) is 0 Å². The van der Waals surface area contributed by atoms with Crippen molar-refractivity contribution in [2.75, 3.05) is 40.9 Å². The van der Waals surface area contributed by atoms with Crippen LogP contribution in [0.15, 0.2) is 24.3 Å². The van der Waals surface area contributed by atoms with Crippen LogP contribution in [0, 0.1) is 0 Å². The number of ether oxygens (including phenoxy) is 1. The molecule has 1 N–H and O–H groups in total. The number of hydrogen-bond acceptors (Lipinski definition) is 7. The van der Waals surface area contributed by atoms with Gasteiger partial charge < -0.3 is 28.5 Å². The molecular weight excluding hydrogens is 964 g/mol. The average molecular weight is 1090 g/mol. The maximum Gasteiger partial charge on any atom is 0.306 e. The van der Waals surface area contributed by atoms with Crippen LogP contribution in [0.5, 0.6) is 0 Å². The number of esters is 1. The first kappa shape index (κ1) is 74.5. The Balaban J connectivity index is 5.14. The van der Waals surface area contributed by atoms with Gasteiger partial charge in [-0.05, 0) is 57.4 Å². The molecule has 0 fully saturated rings. The number of hydrogen-bond donors (Lipinski definition) is 1. The number of nitrogens with zero attached hydrogens (tertiary/aromatic N) is 1. The molecule has 0 radical (unpaired) electrons. The van der Waals surface area contributed by atoms with E-state index >= 15 is 0 Å². The van der Waals surface area contributed by atoms with Crippen LogP contribution >= 0.6 is 7.82 Å². The lowest BCUT2D eigenvalue weighted by atomic mass is 10.0. The van der Waals surface area contributed by atoms with Crippen molar-refractivity contribution >= 4 is 19.7 Å². The van der Waals surface area contributed by atoms with Gasteiger partial charge in [-0.25, -0.2) is 0 Å². The third-order valence-electron chi connectivity index (χ3n) is 15.1. The standard InChI is InChI=1S/C66H129N2O7P/c1-7-10-13-16-19-22-25-28-30-32-33-34-35-37-38-40-43-46-49-52-55-58-65(69)67-63(62-74-76(71,72)73-61-60-68(4,5)6)64(57-54-51-48-45-42-27-24-21-18-15-12-9-3)75-66(70)59-56-53-50-47-44-41-39-36-31-29-26-23-20-17-14-11-8-2/h29,31,54,57,63-64H,7-28,30,32-53,55-56,58-62H2,1-6H3,(H-,67,69,71,72)/b31-29+,57-54+. The number of phosphoric ester groups is 1. The van der Waals surface area contributed by atoms with Crippen molar-refractivity contribution in [2.24, 2.45) is 0 Å². The van der Waals surface area contributed by atoms with E-state index < -0.39 is 20.0 Å². The van der Waals surface area contributed by atoms with E-state index in [0.717, 1.165) is 64.2 Å². The van der Waals surface area contributed by atoms with Crippen LogP contribution in [-0.2, 0) is 27.9 Å². The van der Waals surface area contributed by atoms with Gasteiger partial charge in [0.15, 0.2) is 0 Å². The molecule has 10 heteroatoms. The van der Waals surface area contributed by atoms with E-state index in [1.54, 1.807) is 0 Å². The summed E-state index contributed by atoms with van der Waals surface area (Å²) in [5, 5.41) is 3.04. The summed E-state index contributed by atoms with van der Waals surface area (Å²) in [5.74, 6) is -0.527. The van der Waals surface area contributed by atoms with Gasteiger partial charge >= 0.3 is 5.97 Å². The van der Waals surface area contributed by atoms with E-state index in [2.05, 4.69) is 38.2 Å². The topological polar surface area (TPSA) is 114 Å². The molecule has 0 aromatic carbocycles. The molecule has 0 aliphatic rings. The second-order valence-corrected chi connectivity index (χ2v) is 25.4. The molecule has 3 atom stereocenters. The highest BCUT2D eigenvalue weighted by Crippen LogP contribution is 2.38. The molecule has 0 aliphatic carbocycles. The largest absolute Gasteiger partial charge is 0.756 e. The van der Waals surface area contributed by atoms with E-state index in [0.29, 0.717) is 17.4 Å². The summed E-state index contributed by atoms with van der Waals surface area (Å²) in [4.78, 5) is 40.0. The summed E-state index contributed by atoms with van der Waals surface area (Å²) in [7, 11) is 1.20. The zero-order chi connectivity index (χ0) is 55.7. The molecule has 9 nitrogen and oxygen atoms in total. The Hall–Kier alpha value is -1.51. The summed E-state index contributed by atoms with van der Waals surface area (Å²) in [6.45, 7) is 6.89. The fourth-order valence-corrected chi connectivity index (χ4v) is 10.7. The molecule has 0 aliphatic heterocycles. The first-order valence-corrected chi connectivity index (χ1v) is 34.6. The zero-order valence-corrected chi connectivity index (χ0v) is 52.4. The van der Waals surface area contributed by atoms with Crippen LogP contribution in [0.1, 0.15) is 335 Å². The van der Waals surface area contributed by atoms with Gasteiger partial charge in [-0.15, -0.1) is 0 Å². The molecule has 450 valence electrons. The minimum Gasteiger partial charge on any atom is -0.756 e. The Kier molecular flexibility index (Phi) is 55.6. The smallest absolute Gasteiger partial charge is 0.306 e. The van der Waals surface area contributed by atoms with Gasteiger partial charge in [0.05, 0.1) is 33.8 Å². The molecule has 76 heavy (non-hydrogen) atoms. The predicted molar refractivity (Wildman–Crippen MR) is 326 cm³/mol. The van der Waals surface area contributed by atoms with Crippen LogP contribution in [0.3, 0.4) is 0 Å². The average Bonchev–Trinajstić information content (AvgIpc) is 3.38. The first-order valence-electron chi connectivity index (χ1n) is 33.1.